The van der Waals surface area contributed by atoms with Gasteiger partial charge in [0.25, 0.3) is 0 Å². The first-order chi connectivity index (χ1) is 14.3. The molecule has 1 heterocycles. The molecule has 0 aliphatic carbocycles. The van der Waals surface area contributed by atoms with E-state index in [1.54, 1.807) is 24.3 Å². The van der Waals surface area contributed by atoms with Crippen molar-refractivity contribution in [2.24, 2.45) is 5.92 Å². The van der Waals surface area contributed by atoms with E-state index in [9.17, 15) is 18.0 Å². The molecule has 0 aliphatic rings. The van der Waals surface area contributed by atoms with Crippen LogP contribution in [0.2, 0.25) is 0 Å². The van der Waals surface area contributed by atoms with Gasteiger partial charge >= 0.3 is 12.1 Å². The summed E-state index contributed by atoms with van der Waals surface area (Å²) in [5.41, 5.74) is 3.11. The number of ether oxygens (including phenoxy) is 1. The predicted molar refractivity (Wildman–Crippen MR) is 112 cm³/mol. The van der Waals surface area contributed by atoms with Crippen molar-refractivity contribution < 1.29 is 22.7 Å². The fourth-order valence-electron chi connectivity index (χ4n) is 3.25. The largest absolute Gasteiger partial charge is 0.462 e. The minimum atomic E-state index is -4.26. The van der Waals surface area contributed by atoms with Gasteiger partial charge < -0.3 is 4.74 Å². The maximum absolute atomic E-state index is 13.2. The second kappa shape index (κ2) is 11.7. The highest BCUT2D eigenvalue weighted by atomic mass is 19.4. The Kier molecular flexibility index (Phi) is 9.34. The van der Waals surface area contributed by atoms with Crippen LogP contribution in [0, 0.1) is 5.92 Å². The van der Waals surface area contributed by atoms with Crippen molar-refractivity contribution in [3.8, 4) is 11.3 Å². The Hall–Kier alpha value is -2.37. The van der Waals surface area contributed by atoms with E-state index in [1.807, 2.05) is 25.3 Å². The van der Waals surface area contributed by atoms with Crippen LogP contribution in [0.25, 0.3) is 11.3 Å². The number of hydrogen-bond acceptors (Lipinski definition) is 3. The van der Waals surface area contributed by atoms with Gasteiger partial charge in [0.2, 0.25) is 0 Å². The Labute approximate surface area is 176 Å². The second-order valence-corrected chi connectivity index (χ2v) is 7.50. The Morgan fingerprint density at radius 2 is 1.73 bits per heavy atom. The van der Waals surface area contributed by atoms with E-state index in [1.165, 1.54) is 0 Å². The maximum Gasteiger partial charge on any atom is 0.391 e. The topological polar surface area (TPSA) is 39.2 Å². The van der Waals surface area contributed by atoms with Gasteiger partial charge in [-0.25, -0.2) is 4.79 Å². The van der Waals surface area contributed by atoms with Crippen molar-refractivity contribution in [2.45, 2.75) is 65.0 Å². The van der Waals surface area contributed by atoms with Crippen molar-refractivity contribution >= 4 is 5.97 Å². The number of aryl methyl sites for hydroxylation is 1. The number of pyridine rings is 1. The number of esters is 1. The summed E-state index contributed by atoms with van der Waals surface area (Å²) in [4.78, 5) is 16.6. The predicted octanol–water partition coefficient (Wildman–Crippen LogP) is 7.01. The number of hydrogen-bond donors (Lipinski definition) is 0. The second-order valence-electron chi connectivity index (χ2n) is 7.50. The lowest BCUT2D eigenvalue weighted by molar-refractivity contribution is -0.180. The summed E-state index contributed by atoms with van der Waals surface area (Å²) < 4.78 is 44.7. The third-order valence-corrected chi connectivity index (χ3v) is 5.22. The zero-order valence-electron chi connectivity index (χ0n) is 17.7. The fraction of sp³-hybridized carbons (Fsp3) is 0.500. The van der Waals surface area contributed by atoms with E-state index in [-0.39, 0.29) is 19.4 Å². The molecule has 0 saturated heterocycles. The summed E-state index contributed by atoms with van der Waals surface area (Å²) in [6, 6.07) is 10.7. The van der Waals surface area contributed by atoms with Crippen LogP contribution in [-0.4, -0.2) is 23.7 Å². The van der Waals surface area contributed by atoms with Crippen molar-refractivity contribution in [1.82, 2.24) is 4.98 Å². The summed E-state index contributed by atoms with van der Waals surface area (Å²) in [6.45, 7) is 3.84. The molecule has 1 aromatic heterocycles. The SMILES string of the molecule is CCCCCCC(CCOC(=O)c1ccc(-c2ccc(CC)cn2)cc1)C(F)(F)F. The van der Waals surface area contributed by atoms with Gasteiger partial charge in [0, 0.05) is 11.8 Å². The molecule has 0 spiro atoms. The normalized spacial score (nSPS) is 12.6. The lowest BCUT2D eigenvalue weighted by atomic mass is 9.97. The standard InChI is InChI=1S/C24H30F3NO2/c1-3-5-6-7-8-21(24(25,26)27)15-16-30-23(29)20-12-10-19(11-13-20)22-14-9-18(4-2)17-28-22/h9-14,17,21H,3-8,15-16H2,1-2H3. The average molecular weight is 422 g/mol. The number of aromatic nitrogens is 1. The summed E-state index contributed by atoms with van der Waals surface area (Å²) in [6.07, 6.45) is 1.60. The molecule has 2 aromatic rings. The van der Waals surface area contributed by atoms with Crippen LogP contribution >= 0.6 is 0 Å². The van der Waals surface area contributed by atoms with Gasteiger partial charge in [0.1, 0.15) is 0 Å². The molecule has 164 valence electrons. The molecule has 0 saturated carbocycles. The van der Waals surface area contributed by atoms with Crippen LogP contribution in [0.15, 0.2) is 42.6 Å². The third kappa shape index (κ3) is 7.47. The average Bonchev–Trinajstić information content (AvgIpc) is 2.74. The Morgan fingerprint density at radius 1 is 1.00 bits per heavy atom. The lowest BCUT2D eigenvalue weighted by Gasteiger charge is -2.20. The quantitative estimate of drug-likeness (QED) is 0.289. The van der Waals surface area contributed by atoms with Crippen molar-refractivity contribution in [2.75, 3.05) is 6.61 Å². The first-order valence-electron chi connectivity index (χ1n) is 10.6. The van der Waals surface area contributed by atoms with E-state index in [4.69, 9.17) is 4.74 Å². The molecule has 1 atom stereocenters. The third-order valence-electron chi connectivity index (χ3n) is 5.22. The summed E-state index contributed by atoms with van der Waals surface area (Å²) in [5, 5.41) is 0. The van der Waals surface area contributed by atoms with Crippen LogP contribution in [0.5, 0.6) is 0 Å². The van der Waals surface area contributed by atoms with Gasteiger partial charge in [0.15, 0.2) is 0 Å². The minimum Gasteiger partial charge on any atom is -0.462 e. The number of benzene rings is 1. The number of nitrogens with zero attached hydrogens (tertiary/aromatic N) is 1. The van der Waals surface area contributed by atoms with Gasteiger partial charge in [-0.3, -0.25) is 4.98 Å². The number of unbranched alkanes of at least 4 members (excludes halogenated alkanes) is 3. The molecule has 3 nitrogen and oxygen atoms in total. The van der Waals surface area contributed by atoms with Gasteiger partial charge in [-0.1, -0.05) is 57.7 Å². The number of carbonyl (C=O) groups excluding carboxylic acids is 1. The Bertz CT molecular complexity index is 771. The molecule has 0 N–H and O–H groups in total. The smallest absolute Gasteiger partial charge is 0.391 e. The molecular formula is C24H30F3NO2. The lowest BCUT2D eigenvalue weighted by Crippen LogP contribution is -2.25. The zero-order chi connectivity index (χ0) is 22.0. The van der Waals surface area contributed by atoms with Gasteiger partial charge in [0.05, 0.1) is 23.8 Å². The van der Waals surface area contributed by atoms with Crippen LogP contribution in [0.4, 0.5) is 13.2 Å². The summed E-state index contributed by atoms with van der Waals surface area (Å²) in [5.74, 6) is -2.04. The molecular weight excluding hydrogens is 391 g/mol. The molecule has 30 heavy (non-hydrogen) atoms. The Morgan fingerprint density at radius 3 is 2.30 bits per heavy atom. The molecule has 6 heteroatoms. The van der Waals surface area contributed by atoms with Gasteiger partial charge in [-0.2, -0.15) is 13.2 Å². The maximum atomic E-state index is 13.2. The molecule has 0 bridgehead atoms. The zero-order valence-corrected chi connectivity index (χ0v) is 17.7. The highest BCUT2D eigenvalue weighted by molar-refractivity contribution is 5.90. The number of carbonyl (C=O) groups is 1. The van der Waals surface area contributed by atoms with E-state index < -0.39 is 18.1 Å². The highest BCUT2D eigenvalue weighted by Crippen LogP contribution is 2.33. The van der Waals surface area contributed by atoms with Crippen LogP contribution in [-0.2, 0) is 11.2 Å². The Balaban J connectivity index is 1.87. The molecule has 1 aromatic carbocycles. The van der Waals surface area contributed by atoms with E-state index >= 15 is 0 Å². The fourth-order valence-corrected chi connectivity index (χ4v) is 3.25. The van der Waals surface area contributed by atoms with Gasteiger partial charge in [-0.15, -0.1) is 0 Å². The van der Waals surface area contributed by atoms with Crippen molar-refractivity contribution in [3.05, 3.63) is 53.7 Å². The molecule has 0 amide bonds. The van der Waals surface area contributed by atoms with Crippen molar-refractivity contribution in [3.63, 3.8) is 0 Å². The molecule has 0 fully saturated rings. The first kappa shape index (κ1) is 23.9. The van der Waals surface area contributed by atoms with Crippen LogP contribution in [0.1, 0.15) is 68.3 Å². The van der Waals surface area contributed by atoms with E-state index in [2.05, 4.69) is 11.9 Å². The minimum absolute atomic E-state index is 0.0829. The van der Waals surface area contributed by atoms with E-state index in [0.717, 1.165) is 42.5 Å². The summed E-state index contributed by atoms with van der Waals surface area (Å²) in [7, 11) is 0. The molecule has 1 unspecified atom stereocenters. The molecule has 0 radical (unpaired) electrons. The monoisotopic (exact) mass is 421 g/mol. The molecule has 0 aliphatic heterocycles. The molecule has 2 rings (SSSR count). The number of alkyl halides is 3. The van der Waals surface area contributed by atoms with Crippen molar-refractivity contribution in [1.29, 1.82) is 0 Å². The first-order valence-corrected chi connectivity index (χ1v) is 10.6. The van der Waals surface area contributed by atoms with Gasteiger partial charge in [-0.05, 0) is 43.0 Å². The van der Waals surface area contributed by atoms with Crippen LogP contribution < -0.4 is 0 Å². The summed E-state index contributed by atoms with van der Waals surface area (Å²) >= 11 is 0. The van der Waals surface area contributed by atoms with E-state index in [0.29, 0.717) is 12.0 Å². The highest BCUT2D eigenvalue weighted by Gasteiger charge is 2.38. The number of halogens is 3. The van der Waals surface area contributed by atoms with Crippen LogP contribution in [0.3, 0.4) is 0 Å². The number of rotatable bonds is 11.